The van der Waals surface area contributed by atoms with E-state index in [-0.39, 0.29) is 0 Å². The molecule has 1 atom stereocenters. The third-order valence-electron chi connectivity index (χ3n) is 2.90. The molecule has 2 N–H and O–H groups in total. The van der Waals surface area contributed by atoms with Crippen molar-refractivity contribution >= 4 is 27.6 Å². The Morgan fingerprint density at radius 1 is 1.16 bits per heavy atom. The lowest BCUT2D eigenvalue weighted by atomic mass is 10.0. The summed E-state index contributed by atoms with van der Waals surface area (Å²) in [5.74, 6) is -0.891. The van der Waals surface area contributed by atoms with Gasteiger partial charge in [-0.3, -0.25) is 0 Å². The van der Waals surface area contributed by atoms with E-state index in [0.29, 0.717) is 0 Å². The summed E-state index contributed by atoms with van der Waals surface area (Å²) in [5, 5.41) is 12.4. The lowest BCUT2D eigenvalue weighted by Gasteiger charge is -2.18. The fourth-order valence-corrected chi connectivity index (χ4v) is 2.16. The van der Waals surface area contributed by atoms with Crippen molar-refractivity contribution in [2.75, 3.05) is 5.32 Å². The highest BCUT2D eigenvalue weighted by molar-refractivity contribution is 9.10. The van der Waals surface area contributed by atoms with E-state index in [2.05, 4.69) is 21.2 Å². The number of carboxylic acids is 1. The maximum absolute atomic E-state index is 11.5. The Labute approximate surface area is 120 Å². The molecule has 0 saturated heterocycles. The average molecular weight is 320 g/mol. The highest BCUT2D eigenvalue weighted by Crippen LogP contribution is 2.23. The molecule has 0 aliphatic heterocycles. The van der Waals surface area contributed by atoms with Crippen LogP contribution >= 0.6 is 15.9 Å². The maximum atomic E-state index is 11.5. The molecule has 0 bridgehead atoms. The molecule has 98 valence electrons. The van der Waals surface area contributed by atoms with Crippen LogP contribution < -0.4 is 5.32 Å². The van der Waals surface area contributed by atoms with Crippen molar-refractivity contribution in [3.05, 3.63) is 64.1 Å². The number of hydrogen-bond donors (Lipinski definition) is 2. The molecule has 2 aromatic carbocycles. The smallest absolute Gasteiger partial charge is 0.330 e. The minimum Gasteiger partial charge on any atom is -0.479 e. The number of carbonyl (C=O) groups is 1. The molecule has 0 aliphatic carbocycles. The summed E-state index contributed by atoms with van der Waals surface area (Å²) < 4.78 is 0.959. The fraction of sp³-hybridized carbons (Fsp3) is 0.133. The molecule has 3 nitrogen and oxygen atoms in total. The Morgan fingerprint density at radius 3 is 2.37 bits per heavy atom. The summed E-state index contributed by atoms with van der Waals surface area (Å²) in [7, 11) is 0. The van der Waals surface area contributed by atoms with Gasteiger partial charge in [-0.1, -0.05) is 40.2 Å². The van der Waals surface area contributed by atoms with Crippen LogP contribution in [0.15, 0.2) is 53.0 Å². The van der Waals surface area contributed by atoms with Gasteiger partial charge in [-0.2, -0.15) is 0 Å². The SMILES string of the molecule is Cc1ccccc1C(Nc1ccc(Br)cc1)C(=O)O. The number of anilines is 1. The maximum Gasteiger partial charge on any atom is 0.330 e. The second-order valence-electron chi connectivity index (χ2n) is 4.28. The molecule has 0 spiro atoms. The Kier molecular flexibility index (Phi) is 4.22. The van der Waals surface area contributed by atoms with Crippen LogP contribution in [0.25, 0.3) is 0 Å². The first-order valence-electron chi connectivity index (χ1n) is 5.88. The Hall–Kier alpha value is -1.81. The minimum absolute atomic E-state index is 0.748. The van der Waals surface area contributed by atoms with Gasteiger partial charge >= 0.3 is 5.97 Å². The molecule has 2 rings (SSSR count). The first-order valence-corrected chi connectivity index (χ1v) is 6.67. The van der Waals surface area contributed by atoms with Gasteiger partial charge < -0.3 is 10.4 Å². The quantitative estimate of drug-likeness (QED) is 0.895. The highest BCUT2D eigenvalue weighted by Gasteiger charge is 2.20. The van der Waals surface area contributed by atoms with Crippen molar-refractivity contribution in [2.45, 2.75) is 13.0 Å². The van der Waals surface area contributed by atoms with Gasteiger partial charge in [0.25, 0.3) is 0 Å². The summed E-state index contributed by atoms with van der Waals surface area (Å²) in [6.07, 6.45) is 0. The van der Waals surface area contributed by atoms with Crippen molar-refractivity contribution in [1.82, 2.24) is 0 Å². The molecule has 0 fully saturated rings. The van der Waals surface area contributed by atoms with Crippen LogP contribution in [0.4, 0.5) is 5.69 Å². The number of benzene rings is 2. The summed E-state index contributed by atoms with van der Waals surface area (Å²) in [4.78, 5) is 11.5. The van der Waals surface area contributed by atoms with E-state index in [0.717, 1.165) is 21.3 Å². The Balaban J connectivity index is 2.29. The summed E-state index contributed by atoms with van der Waals surface area (Å²) in [6.45, 7) is 1.91. The van der Waals surface area contributed by atoms with E-state index in [9.17, 15) is 9.90 Å². The van der Waals surface area contributed by atoms with Crippen LogP contribution in [-0.4, -0.2) is 11.1 Å². The number of rotatable bonds is 4. The number of hydrogen-bond acceptors (Lipinski definition) is 2. The standard InChI is InChI=1S/C15H14BrNO2/c1-10-4-2-3-5-13(10)14(15(18)19)17-12-8-6-11(16)7-9-12/h2-9,14,17H,1H3,(H,18,19). The molecule has 2 aromatic rings. The van der Waals surface area contributed by atoms with Gasteiger partial charge in [-0.15, -0.1) is 0 Å². The van der Waals surface area contributed by atoms with Gasteiger partial charge in [-0.25, -0.2) is 4.79 Å². The zero-order valence-electron chi connectivity index (χ0n) is 10.4. The number of halogens is 1. The number of aryl methyl sites for hydroxylation is 1. The summed E-state index contributed by atoms with van der Waals surface area (Å²) >= 11 is 3.35. The normalized spacial score (nSPS) is 11.9. The molecule has 0 saturated carbocycles. The van der Waals surface area contributed by atoms with Gasteiger partial charge in [0.05, 0.1) is 0 Å². The van der Waals surface area contributed by atoms with Crippen LogP contribution in [0, 0.1) is 6.92 Å². The lowest BCUT2D eigenvalue weighted by molar-refractivity contribution is -0.138. The van der Waals surface area contributed by atoms with E-state index >= 15 is 0 Å². The lowest BCUT2D eigenvalue weighted by Crippen LogP contribution is -2.21. The van der Waals surface area contributed by atoms with Crippen molar-refractivity contribution < 1.29 is 9.90 Å². The molecule has 0 amide bonds. The predicted octanol–water partition coefficient (Wildman–Crippen LogP) is 4.00. The second kappa shape index (κ2) is 5.89. The first-order chi connectivity index (χ1) is 9.08. The van der Waals surface area contributed by atoms with Gasteiger partial charge in [0.15, 0.2) is 6.04 Å². The molecule has 0 aromatic heterocycles. The largest absolute Gasteiger partial charge is 0.479 e. The van der Waals surface area contributed by atoms with Gasteiger partial charge in [0.2, 0.25) is 0 Å². The fourth-order valence-electron chi connectivity index (χ4n) is 1.90. The first kappa shape index (κ1) is 13.6. The van der Waals surface area contributed by atoms with E-state index in [4.69, 9.17) is 0 Å². The molecule has 19 heavy (non-hydrogen) atoms. The van der Waals surface area contributed by atoms with Crippen molar-refractivity contribution in [2.24, 2.45) is 0 Å². The molecule has 0 aliphatic rings. The topological polar surface area (TPSA) is 49.3 Å². The molecule has 1 unspecified atom stereocenters. The predicted molar refractivity (Wildman–Crippen MR) is 79.3 cm³/mol. The number of nitrogens with one attached hydrogen (secondary N) is 1. The number of carboxylic acid groups (broad SMARTS) is 1. The summed E-state index contributed by atoms with van der Waals surface area (Å²) in [5.41, 5.74) is 2.51. The van der Waals surface area contributed by atoms with E-state index < -0.39 is 12.0 Å². The van der Waals surface area contributed by atoms with E-state index in [1.807, 2.05) is 55.5 Å². The second-order valence-corrected chi connectivity index (χ2v) is 5.19. The zero-order valence-corrected chi connectivity index (χ0v) is 12.0. The van der Waals surface area contributed by atoms with Crippen LogP contribution in [-0.2, 0) is 4.79 Å². The van der Waals surface area contributed by atoms with Gasteiger partial charge in [0, 0.05) is 10.2 Å². The third-order valence-corrected chi connectivity index (χ3v) is 3.43. The molecule has 0 radical (unpaired) electrons. The summed E-state index contributed by atoms with van der Waals surface area (Å²) in [6, 6.07) is 14.2. The molecular formula is C15H14BrNO2. The number of aliphatic carboxylic acids is 1. The molecular weight excluding hydrogens is 306 g/mol. The van der Waals surface area contributed by atoms with Crippen molar-refractivity contribution in [3.63, 3.8) is 0 Å². The average Bonchev–Trinajstić information content (AvgIpc) is 2.39. The van der Waals surface area contributed by atoms with Crippen molar-refractivity contribution in [1.29, 1.82) is 0 Å². The van der Waals surface area contributed by atoms with Gasteiger partial charge in [-0.05, 0) is 42.3 Å². The van der Waals surface area contributed by atoms with Crippen LogP contribution in [0.1, 0.15) is 17.2 Å². The van der Waals surface area contributed by atoms with Gasteiger partial charge in [0.1, 0.15) is 0 Å². The highest BCUT2D eigenvalue weighted by atomic mass is 79.9. The minimum atomic E-state index is -0.891. The van der Waals surface area contributed by atoms with Crippen LogP contribution in [0.2, 0.25) is 0 Å². The molecule has 0 heterocycles. The van der Waals surface area contributed by atoms with Crippen LogP contribution in [0.3, 0.4) is 0 Å². The van der Waals surface area contributed by atoms with E-state index in [1.54, 1.807) is 0 Å². The Bertz CT molecular complexity index is 581. The van der Waals surface area contributed by atoms with Crippen LogP contribution in [0.5, 0.6) is 0 Å². The molecule has 4 heteroatoms. The zero-order chi connectivity index (χ0) is 13.8. The third kappa shape index (κ3) is 3.35. The Morgan fingerprint density at radius 2 is 1.79 bits per heavy atom. The van der Waals surface area contributed by atoms with Crippen molar-refractivity contribution in [3.8, 4) is 0 Å². The monoisotopic (exact) mass is 319 g/mol. The van der Waals surface area contributed by atoms with E-state index in [1.165, 1.54) is 0 Å².